The number of hydrogen-bond acceptors (Lipinski definition) is 5. The minimum Gasteiger partial charge on any atom is -0.507 e. The Morgan fingerprint density at radius 2 is 1.87 bits per heavy atom. The maximum atomic E-state index is 12.0. The predicted molar refractivity (Wildman–Crippen MR) is 94.7 cm³/mol. The number of halogens is 1. The second kappa shape index (κ2) is 6.47. The number of amides is 1. The van der Waals surface area contributed by atoms with Gasteiger partial charge in [-0.3, -0.25) is 4.79 Å². The van der Waals surface area contributed by atoms with Gasteiger partial charge in [-0.15, -0.1) is 0 Å². The zero-order valence-corrected chi connectivity index (χ0v) is 14.1. The van der Waals surface area contributed by atoms with Crippen molar-refractivity contribution >= 4 is 50.5 Å². The first-order valence-electron chi connectivity index (χ1n) is 6.59. The number of para-hydroxylation sites is 1. The molecule has 0 spiro atoms. The Hall–Kier alpha value is -2.25. The smallest absolute Gasteiger partial charge is 0.264 e. The van der Waals surface area contributed by atoms with Crippen molar-refractivity contribution in [3.8, 4) is 11.5 Å². The third-order valence-corrected chi connectivity index (χ3v) is 4.57. The first kappa shape index (κ1) is 15.6. The van der Waals surface area contributed by atoms with Gasteiger partial charge in [0.25, 0.3) is 5.91 Å². The summed E-state index contributed by atoms with van der Waals surface area (Å²) in [6, 6.07) is 12.0. The van der Waals surface area contributed by atoms with Gasteiger partial charge < -0.3 is 15.5 Å². The number of carbonyl (C=O) groups is 1. The number of rotatable bonds is 2. The molecule has 0 unspecified atom stereocenters. The molecule has 2 aromatic carbocycles. The van der Waals surface area contributed by atoms with Gasteiger partial charge in [0.2, 0.25) is 0 Å². The van der Waals surface area contributed by atoms with Crippen molar-refractivity contribution in [2.24, 2.45) is 4.99 Å². The zero-order valence-electron chi connectivity index (χ0n) is 11.7. The SMILES string of the molecule is O=C1NC(=Nc2ccccc2)S/C1=C/c1cc(Br)c(O)cc1O. The highest BCUT2D eigenvalue weighted by atomic mass is 79.9. The number of aromatic hydroxyl groups is 2. The van der Waals surface area contributed by atoms with Crippen LogP contribution < -0.4 is 5.32 Å². The highest BCUT2D eigenvalue weighted by Crippen LogP contribution is 2.35. The molecular formula is C16H11BrN2O3S. The molecule has 116 valence electrons. The predicted octanol–water partition coefficient (Wildman–Crippen LogP) is 3.75. The third-order valence-electron chi connectivity index (χ3n) is 3.02. The maximum absolute atomic E-state index is 12.0. The monoisotopic (exact) mass is 390 g/mol. The summed E-state index contributed by atoms with van der Waals surface area (Å²) in [4.78, 5) is 16.8. The van der Waals surface area contributed by atoms with Gasteiger partial charge in [0.15, 0.2) is 5.17 Å². The summed E-state index contributed by atoms with van der Waals surface area (Å²) in [5, 5.41) is 22.5. The van der Waals surface area contributed by atoms with Crippen LogP contribution in [0.5, 0.6) is 11.5 Å². The molecule has 3 rings (SSSR count). The Morgan fingerprint density at radius 1 is 1.13 bits per heavy atom. The Bertz CT molecular complexity index is 835. The van der Waals surface area contributed by atoms with E-state index in [9.17, 15) is 15.0 Å². The molecule has 7 heteroatoms. The Kier molecular flexibility index (Phi) is 4.40. The van der Waals surface area contributed by atoms with E-state index in [1.54, 1.807) is 6.08 Å². The highest BCUT2D eigenvalue weighted by Gasteiger charge is 2.24. The number of nitrogens with one attached hydrogen (secondary N) is 1. The number of amidine groups is 1. The summed E-state index contributed by atoms with van der Waals surface area (Å²) in [6.07, 6.45) is 1.55. The summed E-state index contributed by atoms with van der Waals surface area (Å²) in [5.74, 6) is -0.465. The first-order chi connectivity index (χ1) is 11.0. The number of carbonyl (C=O) groups excluding carboxylic acids is 1. The molecule has 2 aromatic rings. The molecule has 0 saturated carbocycles. The molecule has 1 aliphatic rings. The van der Waals surface area contributed by atoms with Crippen LogP contribution in [0.4, 0.5) is 5.69 Å². The first-order valence-corrected chi connectivity index (χ1v) is 8.20. The van der Waals surface area contributed by atoms with E-state index in [1.807, 2.05) is 30.3 Å². The molecule has 0 aliphatic carbocycles. The third kappa shape index (κ3) is 3.57. The maximum Gasteiger partial charge on any atom is 0.264 e. The number of phenols is 2. The van der Waals surface area contributed by atoms with Gasteiger partial charge in [0.1, 0.15) is 11.5 Å². The van der Waals surface area contributed by atoms with E-state index in [-0.39, 0.29) is 17.4 Å². The minimum absolute atomic E-state index is 0.0699. The van der Waals surface area contributed by atoms with E-state index in [2.05, 4.69) is 26.2 Å². The number of thioether (sulfide) groups is 1. The molecular weight excluding hydrogens is 380 g/mol. The highest BCUT2D eigenvalue weighted by molar-refractivity contribution is 9.10. The minimum atomic E-state index is -0.284. The lowest BCUT2D eigenvalue weighted by Gasteiger charge is -2.03. The number of hydrogen-bond donors (Lipinski definition) is 3. The van der Waals surface area contributed by atoms with Crippen molar-refractivity contribution < 1.29 is 15.0 Å². The van der Waals surface area contributed by atoms with Crippen LogP contribution in [-0.4, -0.2) is 21.3 Å². The van der Waals surface area contributed by atoms with E-state index < -0.39 is 0 Å². The average molecular weight is 391 g/mol. The lowest BCUT2D eigenvalue weighted by molar-refractivity contribution is -0.115. The molecule has 23 heavy (non-hydrogen) atoms. The molecule has 0 radical (unpaired) electrons. The van der Waals surface area contributed by atoms with Crippen molar-refractivity contribution in [1.29, 1.82) is 0 Å². The van der Waals surface area contributed by atoms with E-state index in [4.69, 9.17) is 0 Å². The summed E-state index contributed by atoms with van der Waals surface area (Å²) < 4.78 is 0.434. The molecule has 1 aliphatic heterocycles. The van der Waals surface area contributed by atoms with Crippen molar-refractivity contribution in [3.63, 3.8) is 0 Å². The van der Waals surface area contributed by atoms with E-state index in [0.29, 0.717) is 20.1 Å². The summed E-state index contributed by atoms with van der Waals surface area (Å²) in [6.45, 7) is 0. The molecule has 0 atom stereocenters. The van der Waals surface area contributed by atoms with E-state index in [1.165, 1.54) is 23.9 Å². The van der Waals surface area contributed by atoms with Crippen LogP contribution in [-0.2, 0) is 4.79 Å². The van der Waals surface area contributed by atoms with Crippen LogP contribution >= 0.6 is 27.7 Å². The van der Waals surface area contributed by atoms with Crippen molar-refractivity contribution in [2.45, 2.75) is 0 Å². The quantitative estimate of drug-likeness (QED) is 0.681. The topological polar surface area (TPSA) is 81.9 Å². The molecule has 5 nitrogen and oxygen atoms in total. The average Bonchev–Trinajstić information content (AvgIpc) is 2.85. The molecule has 1 fully saturated rings. The molecule has 0 aromatic heterocycles. The van der Waals surface area contributed by atoms with E-state index >= 15 is 0 Å². The number of benzene rings is 2. The lowest BCUT2D eigenvalue weighted by Crippen LogP contribution is -2.19. The van der Waals surface area contributed by atoms with Crippen molar-refractivity contribution in [1.82, 2.24) is 5.32 Å². The van der Waals surface area contributed by atoms with E-state index in [0.717, 1.165) is 5.69 Å². The van der Waals surface area contributed by atoms with Crippen molar-refractivity contribution in [3.05, 3.63) is 57.4 Å². The number of aliphatic imine (C=N–C) groups is 1. The Morgan fingerprint density at radius 3 is 2.61 bits per heavy atom. The summed E-state index contributed by atoms with van der Waals surface area (Å²) >= 11 is 4.37. The zero-order chi connectivity index (χ0) is 16.4. The van der Waals surface area contributed by atoms with Crippen LogP contribution in [0, 0.1) is 0 Å². The fraction of sp³-hybridized carbons (Fsp3) is 0. The van der Waals surface area contributed by atoms with Gasteiger partial charge in [-0.2, -0.15) is 0 Å². The van der Waals surface area contributed by atoms with Crippen LogP contribution in [0.1, 0.15) is 5.56 Å². The number of phenolic OH excluding ortho intramolecular Hbond substituents is 2. The van der Waals surface area contributed by atoms with Gasteiger partial charge in [-0.1, -0.05) is 18.2 Å². The second-order valence-corrected chi connectivity index (χ2v) is 6.56. The second-order valence-electron chi connectivity index (χ2n) is 4.68. The molecule has 1 saturated heterocycles. The van der Waals surface area contributed by atoms with Gasteiger partial charge in [0, 0.05) is 11.6 Å². The standard InChI is InChI=1S/C16H11BrN2O3S/c17-11-6-9(12(20)8-13(11)21)7-14-15(22)19-16(23-14)18-10-4-2-1-3-5-10/h1-8,20-21H,(H,18,19,22)/b14-7+. The molecule has 0 bridgehead atoms. The van der Waals surface area contributed by atoms with Gasteiger partial charge in [0.05, 0.1) is 15.1 Å². The fourth-order valence-electron chi connectivity index (χ4n) is 1.92. The van der Waals surface area contributed by atoms with Gasteiger partial charge in [-0.25, -0.2) is 4.99 Å². The van der Waals surface area contributed by atoms with Crippen LogP contribution in [0.2, 0.25) is 0 Å². The molecule has 1 heterocycles. The van der Waals surface area contributed by atoms with Crippen LogP contribution in [0.25, 0.3) is 6.08 Å². The molecule has 3 N–H and O–H groups in total. The Balaban J connectivity index is 1.89. The number of nitrogens with zero attached hydrogens (tertiary/aromatic N) is 1. The summed E-state index contributed by atoms with van der Waals surface area (Å²) in [7, 11) is 0. The summed E-state index contributed by atoms with van der Waals surface area (Å²) in [5.41, 5.74) is 1.17. The van der Waals surface area contributed by atoms with Crippen molar-refractivity contribution in [2.75, 3.05) is 0 Å². The van der Waals surface area contributed by atoms with Crippen LogP contribution in [0.3, 0.4) is 0 Å². The van der Waals surface area contributed by atoms with Gasteiger partial charge in [-0.05, 0) is 52.0 Å². The normalized spacial score (nSPS) is 17.7. The largest absolute Gasteiger partial charge is 0.507 e. The van der Waals surface area contributed by atoms with Gasteiger partial charge >= 0.3 is 0 Å². The Labute approximate surface area is 144 Å². The lowest BCUT2D eigenvalue weighted by atomic mass is 10.1. The molecule has 1 amide bonds. The van der Waals surface area contributed by atoms with Crippen LogP contribution in [0.15, 0.2) is 56.8 Å². The fourth-order valence-corrected chi connectivity index (χ4v) is 3.12.